The van der Waals surface area contributed by atoms with Crippen molar-refractivity contribution in [3.8, 4) is 10.7 Å². The standard InChI is InChI=1S/C17H16N2OS/c1-12-5-6-14(13(2)10-12)15(20)11-19-8-7-18-17(19)16-4-3-9-21-16/h3-10H,11H2,1-2H3. The van der Waals surface area contributed by atoms with Gasteiger partial charge in [0.2, 0.25) is 0 Å². The van der Waals surface area contributed by atoms with Crippen LogP contribution in [0.25, 0.3) is 10.7 Å². The van der Waals surface area contributed by atoms with Gasteiger partial charge in [-0.05, 0) is 30.9 Å². The van der Waals surface area contributed by atoms with Gasteiger partial charge in [-0.1, -0.05) is 29.8 Å². The zero-order chi connectivity index (χ0) is 14.8. The maximum absolute atomic E-state index is 12.5. The predicted molar refractivity (Wildman–Crippen MR) is 85.8 cm³/mol. The van der Waals surface area contributed by atoms with E-state index in [1.165, 1.54) is 5.56 Å². The number of nitrogens with zero attached hydrogens (tertiary/aromatic N) is 2. The van der Waals surface area contributed by atoms with Crippen LogP contribution in [0.4, 0.5) is 0 Å². The molecule has 3 rings (SSSR count). The first-order valence-corrected chi connectivity index (χ1v) is 7.68. The number of carbonyl (C=O) groups is 1. The van der Waals surface area contributed by atoms with Crippen LogP contribution in [0.2, 0.25) is 0 Å². The van der Waals surface area contributed by atoms with Crippen molar-refractivity contribution in [1.29, 1.82) is 0 Å². The summed E-state index contributed by atoms with van der Waals surface area (Å²) in [6, 6.07) is 9.94. The summed E-state index contributed by atoms with van der Waals surface area (Å²) in [5, 5.41) is 2.01. The fourth-order valence-electron chi connectivity index (χ4n) is 2.43. The highest BCUT2D eigenvalue weighted by Crippen LogP contribution is 2.23. The summed E-state index contributed by atoms with van der Waals surface area (Å²) >= 11 is 1.63. The van der Waals surface area contributed by atoms with Crippen molar-refractivity contribution < 1.29 is 4.79 Å². The second-order valence-electron chi connectivity index (χ2n) is 5.10. The smallest absolute Gasteiger partial charge is 0.182 e. The van der Waals surface area contributed by atoms with Crippen molar-refractivity contribution in [2.75, 3.05) is 0 Å². The zero-order valence-corrected chi connectivity index (χ0v) is 12.9. The number of imidazole rings is 1. The molecule has 21 heavy (non-hydrogen) atoms. The summed E-state index contributed by atoms with van der Waals surface area (Å²) in [5.74, 6) is 0.964. The summed E-state index contributed by atoms with van der Waals surface area (Å²) in [7, 11) is 0. The fourth-order valence-corrected chi connectivity index (χ4v) is 3.17. The average Bonchev–Trinajstić information content (AvgIpc) is 3.08. The maximum Gasteiger partial charge on any atom is 0.182 e. The third-order valence-electron chi connectivity index (χ3n) is 3.45. The Morgan fingerprint density at radius 2 is 2.14 bits per heavy atom. The zero-order valence-electron chi connectivity index (χ0n) is 12.0. The highest BCUT2D eigenvalue weighted by molar-refractivity contribution is 7.13. The molecule has 0 spiro atoms. The third-order valence-corrected chi connectivity index (χ3v) is 4.32. The lowest BCUT2D eigenvalue weighted by Gasteiger charge is -2.08. The molecule has 4 heteroatoms. The van der Waals surface area contributed by atoms with Crippen molar-refractivity contribution in [2.24, 2.45) is 0 Å². The summed E-state index contributed by atoms with van der Waals surface area (Å²) in [4.78, 5) is 18.0. The van der Waals surface area contributed by atoms with Crippen LogP contribution >= 0.6 is 11.3 Å². The molecule has 0 bridgehead atoms. The normalized spacial score (nSPS) is 10.8. The highest BCUT2D eigenvalue weighted by Gasteiger charge is 2.13. The van der Waals surface area contributed by atoms with E-state index in [9.17, 15) is 4.79 Å². The van der Waals surface area contributed by atoms with Crippen LogP contribution in [0.15, 0.2) is 48.1 Å². The molecule has 0 aliphatic carbocycles. The van der Waals surface area contributed by atoms with Crippen molar-refractivity contribution in [3.05, 3.63) is 64.8 Å². The molecule has 2 heterocycles. The molecule has 0 atom stereocenters. The van der Waals surface area contributed by atoms with E-state index in [-0.39, 0.29) is 5.78 Å². The number of hydrogen-bond donors (Lipinski definition) is 0. The molecular formula is C17H16N2OS. The number of Topliss-reactive ketones (excluding diaryl/α,β-unsaturated/α-hetero) is 1. The van der Waals surface area contributed by atoms with Gasteiger partial charge in [0, 0.05) is 18.0 Å². The molecule has 0 saturated carbocycles. The van der Waals surface area contributed by atoms with Crippen LogP contribution in [0.3, 0.4) is 0 Å². The number of benzene rings is 1. The number of aryl methyl sites for hydroxylation is 2. The highest BCUT2D eigenvalue weighted by atomic mass is 32.1. The lowest BCUT2D eigenvalue weighted by Crippen LogP contribution is -2.12. The Bertz CT molecular complexity index is 772. The molecular weight excluding hydrogens is 280 g/mol. The van der Waals surface area contributed by atoms with Gasteiger partial charge in [-0.15, -0.1) is 11.3 Å². The SMILES string of the molecule is Cc1ccc(C(=O)Cn2ccnc2-c2cccs2)c(C)c1. The number of hydrogen-bond acceptors (Lipinski definition) is 3. The lowest BCUT2D eigenvalue weighted by atomic mass is 10.0. The summed E-state index contributed by atoms with van der Waals surface area (Å²) in [6.07, 6.45) is 3.60. The average molecular weight is 296 g/mol. The second kappa shape index (κ2) is 5.66. The number of aromatic nitrogens is 2. The van der Waals surface area contributed by atoms with Crippen molar-refractivity contribution in [1.82, 2.24) is 9.55 Å². The minimum Gasteiger partial charge on any atom is -0.323 e. The topological polar surface area (TPSA) is 34.9 Å². The van der Waals surface area contributed by atoms with Crippen molar-refractivity contribution >= 4 is 17.1 Å². The van der Waals surface area contributed by atoms with E-state index in [0.717, 1.165) is 21.8 Å². The molecule has 1 aromatic carbocycles. The van der Waals surface area contributed by atoms with Gasteiger partial charge in [-0.2, -0.15) is 0 Å². The number of thiophene rings is 1. The number of carbonyl (C=O) groups excluding carboxylic acids is 1. The third kappa shape index (κ3) is 2.81. The van der Waals surface area contributed by atoms with Crippen LogP contribution in [0.1, 0.15) is 21.5 Å². The Hall–Kier alpha value is -2.20. The van der Waals surface area contributed by atoms with E-state index in [4.69, 9.17) is 0 Å². The van der Waals surface area contributed by atoms with E-state index < -0.39 is 0 Å². The van der Waals surface area contributed by atoms with Gasteiger partial charge in [0.05, 0.1) is 11.4 Å². The first-order valence-electron chi connectivity index (χ1n) is 6.80. The van der Waals surface area contributed by atoms with E-state index in [0.29, 0.717) is 6.54 Å². The largest absolute Gasteiger partial charge is 0.323 e. The van der Waals surface area contributed by atoms with E-state index in [2.05, 4.69) is 4.98 Å². The Morgan fingerprint density at radius 3 is 2.86 bits per heavy atom. The molecule has 0 saturated heterocycles. The molecule has 3 aromatic rings. The summed E-state index contributed by atoms with van der Waals surface area (Å²) in [5.41, 5.74) is 2.98. The maximum atomic E-state index is 12.5. The Balaban J connectivity index is 1.87. The van der Waals surface area contributed by atoms with E-state index in [1.54, 1.807) is 17.5 Å². The molecule has 0 N–H and O–H groups in total. The molecule has 0 amide bonds. The molecule has 0 aliphatic rings. The molecule has 0 aliphatic heterocycles. The number of ketones is 1. The Kier molecular flexibility index (Phi) is 3.71. The molecule has 0 radical (unpaired) electrons. The predicted octanol–water partition coefficient (Wildman–Crippen LogP) is 4.11. The molecule has 0 fully saturated rings. The monoisotopic (exact) mass is 296 g/mol. The van der Waals surface area contributed by atoms with Crippen LogP contribution in [0.5, 0.6) is 0 Å². The molecule has 2 aromatic heterocycles. The first kappa shape index (κ1) is 13.8. The van der Waals surface area contributed by atoms with Crippen LogP contribution in [0, 0.1) is 13.8 Å². The van der Waals surface area contributed by atoms with Crippen molar-refractivity contribution in [3.63, 3.8) is 0 Å². The lowest BCUT2D eigenvalue weighted by molar-refractivity contribution is 0.0972. The quantitative estimate of drug-likeness (QED) is 0.679. The number of rotatable bonds is 4. The van der Waals surface area contributed by atoms with Crippen LogP contribution < -0.4 is 0 Å². The van der Waals surface area contributed by atoms with Gasteiger partial charge in [0.1, 0.15) is 5.82 Å². The molecule has 0 unspecified atom stereocenters. The Morgan fingerprint density at radius 1 is 1.29 bits per heavy atom. The van der Waals surface area contributed by atoms with Gasteiger partial charge in [0.15, 0.2) is 5.78 Å². The van der Waals surface area contributed by atoms with Gasteiger partial charge in [0.25, 0.3) is 0 Å². The minimum atomic E-state index is 0.114. The van der Waals surface area contributed by atoms with Gasteiger partial charge < -0.3 is 4.57 Å². The van der Waals surface area contributed by atoms with E-state index in [1.807, 2.05) is 60.3 Å². The van der Waals surface area contributed by atoms with Crippen LogP contribution in [-0.4, -0.2) is 15.3 Å². The van der Waals surface area contributed by atoms with Gasteiger partial charge >= 0.3 is 0 Å². The first-order chi connectivity index (χ1) is 10.1. The molecule has 3 nitrogen and oxygen atoms in total. The summed E-state index contributed by atoms with van der Waals surface area (Å²) < 4.78 is 1.91. The Labute approximate surface area is 127 Å². The van der Waals surface area contributed by atoms with E-state index >= 15 is 0 Å². The van der Waals surface area contributed by atoms with Gasteiger partial charge in [-0.25, -0.2) is 4.98 Å². The molecule has 106 valence electrons. The summed E-state index contributed by atoms with van der Waals surface area (Å²) in [6.45, 7) is 4.33. The fraction of sp³-hybridized carbons (Fsp3) is 0.176. The van der Waals surface area contributed by atoms with Crippen molar-refractivity contribution in [2.45, 2.75) is 20.4 Å². The van der Waals surface area contributed by atoms with Gasteiger partial charge in [-0.3, -0.25) is 4.79 Å². The minimum absolute atomic E-state index is 0.114. The van der Waals surface area contributed by atoms with Crippen LogP contribution in [-0.2, 0) is 6.54 Å². The second-order valence-corrected chi connectivity index (χ2v) is 6.05.